The highest BCUT2D eigenvalue weighted by Crippen LogP contribution is 2.16. The molecule has 0 unspecified atom stereocenters. The van der Waals surface area contributed by atoms with Crippen LogP contribution >= 0.6 is 0 Å². The van der Waals surface area contributed by atoms with Gasteiger partial charge < -0.3 is 5.32 Å². The first kappa shape index (κ1) is 10.1. The number of carbonyl (C=O) groups is 1. The Morgan fingerprint density at radius 3 is 2.88 bits per heavy atom. The first-order valence-electron chi connectivity index (χ1n) is 5.73. The molecule has 0 radical (unpaired) electrons. The molecule has 2 N–H and O–H groups in total. The lowest BCUT2D eigenvalue weighted by Crippen LogP contribution is -2.33. The number of benzene rings is 1. The molecule has 3 rings (SSSR count). The van der Waals surface area contributed by atoms with E-state index in [0.717, 1.165) is 23.7 Å². The standard InChI is InChI=1S/C13H13N3O/c17-13(14-9-5-1-2-6-9)12-10-7-3-4-8-11(10)15-16-12/h1-4,7-9H,5-6H2,(H,14,17)(H,15,16). The number of aromatic nitrogens is 2. The van der Waals surface area contributed by atoms with Gasteiger partial charge in [-0.2, -0.15) is 5.10 Å². The summed E-state index contributed by atoms with van der Waals surface area (Å²) in [5, 5.41) is 10.8. The van der Waals surface area contributed by atoms with Crippen LogP contribution in [0, 0.1) is 0 Å². The normalized spacial score (nSPS) is 15.5. The summed E-state index contributed by atoms with van der Waals surface area (Å²) in [6.07, 6.45) is 6.00. The molecule has 0 spiro atoms. The zero-order valence-corrected chi connectivity index (χ0v) is 9.31. The van der Waals surface area contributed by atoms with Gasteiger partial charge in [-0.05, 0) is 18.9 Å². The molecule has 0 saturated heterocycles. The lowest BCUT2D eigenvalue weighted by Gasteiger charge is -2.10. The van der Waals surface area contributed by atoms with Gasteiger partial charge in [-0.3, -0.25) is 9.89 Å². The fraction of sp³-hybridized carbons (Fsp3) is 0.231. The number of hydrogen-bond donors (Lipinski definition) is 2. The number of rotatable bonds is 2. The van der Waals surface area contributed by atoms with Gasteiger partial charge in [0.25, 0.3) is 5.91 Å². The fourth-order valence-corrected chi connectivity index (χ4v) is 2.13. The van der Waals surface area contributed by atoms with Gasteiger partial charge in [0.2, 0.25) is 0 Å². The quantitative estimate of drug-likeness (QED) is 0.771. The summed E-state index contributed by atoms with van der Waals surface area (Å²) in [5.74, 6) is -0.101. The Morgan fingerprint density at radius 1 is 1.29 bits per heavy atom. The number of nitrogens with zero attached hydrogens (tertiary/aromatic N) is 1. The number of aromatic amines is 1. The number of para-hydroxylation sites is 1. The second kappa shape index (κ2) is 4.05. The van der Waals surface area contributed by atoms with Crippen LogP contribution in [0.25, 0.3) is 10.9 Å². The van der Waals surface area contributed by atoms with Gasteiger partial charge in [0, 0.05) is 11.4 Å². The highest BCUT2D eigenvalue weighted by atomic mass is 16.2. The minimum absolute atomic E-state index is 0.101. The average Bonchev–Trinajstić information content (AvgIpc) is 2.96. The Morgan fingerprint density at radius 2 is 2.06 bits per heavy atom. The lowest BCUT2D eigenvalue weighted by molar-refractivity contribution is 0.0935. The van der Waals surface area contributed by atoms with Crippen molar-refractivity contribution in [3.8, 4) is 0 Å². The van der Waals surface area contributed by atoms with E-state index >= 15 is 0 Å². The molecule has 0 fully saturated rings. The van der Waals surface area contributed by atoms with E-state index in [4.69, 9.17) is 0 Å². The van der Waals surface area contributed by atoms with Gasteiger partial charge in [0.1, 0.15) is 0 Å². The van der Waals surface area contributed by atoms with Crippen LogP contribution in [0.5, 0.6) is 0 Å². The largest absolute Gasteiger partial charge is 0.347 e. The maximum absolute atomic E-state index is 12.1. The predicted molar refractivity (Wildman–Crippen MR) is 65.7 cm³/mol. The average molecular weight is 227 g/mol. The molecule has 0 aliphatic heterocycles. The minimum atomic E-state index is -0.101. The Balaban J connectivity index is 1.85. The van der Waals surface area contributed by atoms with Gasteiger partial charge in [0.15, 0.2) is 5.69 Å². The third-order valence-corrected chi connectivity index (χ3v) is 3.03. The minimum Gasteiger partial charge on any atom is -0.347 e. The van der Waals surface area contributed by atoms with Crippen molar-refractivity contribution in [2.24, 2.45) is 0 Å². The van der Waals surface area contributed by atoms with Crippen LogP contribution in [-0.2, 0) is 0 Å². The van der Waals surface area contributed by atoms with Gasteiger partial charge >= 0.3 is 0 Å². The van der Waals surface area contributed by atoms with Gasteiger partial charge in [-0.1, -0.05) is 30.4 Å². The molecule has 1 aliphatic rings. The van der Waals surface area contributed by atoms with Crippen molar-refractivity contribution in [2.75, 3.05) is 0 Å². The second-order valence-electron chi connectivity index (χ2n) is 4.23. The van der Waals surface area contributed by atoms with E-state index in [1.165, 1.54) is 0 Å². The van der Waals surface area contributed by atoms with E-state index in [9.17, 15) is 4.79 Å². The summed E-state index contributed by atoms with van der Waals surface area (Å²) in [5.41, 5.74) is 1.37. The summed E-state index contributed by atoms with van der Waals surface area (Å²) < 4.78 is 0. The predicted octanol–water partition coefficient (Wildman–Crippen LogP) is 2.01. The van der Waals surface area contributed by atoms with Crippen LogP contribution in [0.15, 0.2) is 36.4 Å². The van der Waals surface area contributed by atoms with Crippen LogP contribution in [0.2, 0.25) is 0 Å². The van der Waals surface area contributed by atoms with Crippen LogP contribution in [0.4, 0.5) is 0 Å². The van der Waals surface area contributed by atoms with Crippen molar-refractivity contribution in [3.63, 3.8) is 0 Å². The first-order valence-corrected chi connectivity index (χ1v) is 5.73. The smallest absolute Gasteiger partial charge is 0.272 e. The van der Waals surface area contributed by atoms with E-state index < -0.39 is 0 Å². The second-order valence-corrected chi connectivity index (χ2v) is 4.23. The number of fused-ring (bicyclic) bond motifs is 1. The molecule has 0 saturated carbocycles. The summed E-state index contributed by atoms with van der Waals surface area (Å²) in [7, 11) is 0. The van der Waals surface area contributed by atoms with Crippen LogP contribution in [-0.4, -0.2) is 22.1 Å². The van der Waals surface area contributed by atoms with Crippen molar-refractivity contribution in [1.29, 1.82) is 0 Å². The molecule has 1 heterocycles. The maximum Gasteiger partial charge on any atom is 0.272 e. The molecule has 4 nitrogen and oxygen atoms in total. The van der Waals surface area contributed by atoms with Crippen molar-refractivity contribution < 1.29 is 4.79 Å². The number of amides is 1. The van der Waals surface area contributed by atoms with E-state index in [0.29, 0.717) is 5.69 Å². The molecule has 2 aromatic rings. The molecular formula is C13H13N3O. The molecule has 1 aliphatic carbocycles. The number of nitrogens with one attached hydrogen (secondary N) is 2. The Bertz CT molecular complexity index is 577. The van der Waals surface area contributed by atoms with Crippen LogP contribution in [0.1, 0.15) is 23.3 Å². The van der Waals surface area contributed by atoms with Crippen molar-refractivity contribution >= 4 is 16.8 Å². The van der Waals surface area contributed by atoms with E-state index in [2.05, 4.69) is 27.7 Å². The third-order valence-electron chi connectivity index (χ3n) is 3.03. The fourth-order valence-electron chi connectivity index (χ4n) is 2.13. The molecular weight excluding hydrogens is 214 g/mol. The van der Waals surface area contributed by atoms with E-state index in [1.807, 2.05) is 24.3 Å². The van der Waals surface area contributed by atoms with E-state index in [-0.39, 0.29) is 11.9 Å². The van der Waals surface area contributed by atoms with Gasteiger partial charge in [-0.25, -0.2) is 0 Å². The zero-order valence-electron chi connectivity index (χ0n) is 9.31. The van der Waals surface area contributed by atoms with Gasteiger partial charge in [0.05, 0.1) is 5.52 Å². The zero-order chi connectivity index (χ0) is 11.7. The summed E-state index contributed by atoms with van der Waals surface area (Å²) in [4.78, 5) is 12.1. The van der Waals surface area contributed by atoms with Crippen molar-refractivity contribution in [3.05, 3.63) is 42.1 Å². The SMILES string of the molecule is O=C(NC1CC=CC1)c1n[nH]c2ccccc12. The lowest BCUT2D eigenvalue weighted by atomic mass is 10.2. The summed E-state index contributed by atoms with van der Waals surface area (Å²) in [6.45, 7) is 0. The number of hydrogen-bond acceptors (Lipinski definition) is 2. The summed E-state index contributed by atoms with van der Waals surface area (Å²) >= 11 is 0. The van der Waals surface area contributed by atoms with Gasteiger partial charge in [-0.15, -0.1) is 0 Å². The van der Waals surface area contributed by atoms with Crippen molar-refractivity contribution in [1.82, 2.24) is 15.5 Å². The van der Waals surface area contributed by atoms with Crippen molar-refractivity contribution in [2.45, 2.75) is 18.9 Å². The molecule has 1 aromatic heterocycles. The molecule has 1 aromatic carbocycles. The third kappa shape index (κ3) is 1.82. The highest BCUT2D eigenvalue weighted by molar-refractivity contribution is 6.04. The highest BCUT2D eigenvalue weighted by Gasteiger charge is 2.18. The van der Waals surface area contributed by atoms with E-state index in [1.54, 1.807) is 0 Å². The molecule has 86 valence electrons. The monoisotopic (exact) mass is 227 g/mol. The Hall–Kier alpha value is -2.10. The number of carbonyl (C=O) groups excluding carboxylic acids is 1. The topological polar surface area (TPSA) is 57.8 Å². The summed E-state index contributed by atoms with van der Waals surface area (Å²) in [6, 6.07) is 7.86. The molecule has 17 heavy (non-hydrogen) atoms. The molecule has 0 bridgehead atoms. The van der Waals surface area contributed by atoms with Crippen LogP contribution in [0.3, 0.4) is 0 Å². The molecule has 4 heteroatoms. The number of H-pyrrole nitrogens is 1. The Labute approximate surface area is 98.7 Å². The maximum atomic E-state index is 12.1. The Kier molecular flexibility index (Phi) is 2.40. The first-order chi connectivity index (χ1) is 8.34. The molecule has 1 amide bonds. The van der Waals surface area contributed by atoms with Crippen LogP contribution < -0.4 is 5.32 Å². The molecule has 0 atom stereocenters.